The number of nitriles is 1. The normalized spacial score (nSPS) is 11.1. The third-order valence-electron chi connectivity index (χ3n) is 3.62. The van der Waals surface area contributed by atoms with Crippen molar-refractivity contribution >= 4 is 31.8 Å². The van der Waals surface area contributed by atoms with Crippen molar-refractivity contribution in [2.45, 2.75) is 18.2 Å². The number of hydrogen-bond acceptors (Lipinski definition) is 4. The monoisotopic (exact) mass is 430 g/mol. The fourth-order valence-corrected chi connectivity index (χ4v) is 3.98. The number of sulfonamides is 1. The number of hydrogen-bond donors (Lipinski definition) is 1. The molecular weight excluding hydrogens is 416 g/mol. The van der Waals surface area contributed by atoms with Gasteiger partial charge in [0.25, 0.3) is 10.0 Å². The van der Waals surface area contributed by atoms with Gasteiger partial charge in [-0.3, -0.25) is 4.72 Å². The molecule has 6 nitrogen and oxygen atoms in total. The Labute approximate surface area is 160 Å². The first-order valence-corrected chi connectivity index (χ1v) is 9.98. The lowest BCUT2D eigenvalue weighted by atomic mass is 10.2. The Morgan fingerprint density at radius 3 is 2.69 bits per heavy atom. The molecule has 0 bridgehead atoms. The minimum atomic E-state index is -3.81. The number of halogens is 1. The second-order valence-electron chi connectivity index (χ2n) is 5.65. The van der Waals surface area contributed by atoms with Crippen LogP contribution in [0.15, 0.2) is 64.0 Å². The molecule has 1 heterocycles. The molecule has 0 amide bonds. The molecule has 132 valence electrons. The van der Waals surface area contributed by atoms with E-state index in [1.807, 2.05) is 30.3 Å². The maximum Gasteiger partial charge on any atom is 0.263 e. The van der Waals surface area contributed by atoms with Crippen molar-refractivity contribution in [1.29, 1.82) is 5.26 Å². The SMILES string of the molecule is Cc1cc(NS(=O)(=O)c2cccc(CC#N)c2)n(-c2cccc(Br)c2)n1. The van der Waals surface area contributed by atoms with E-state index in [-0.39, 0.29) is 11.3 Å². The van der Waals surface area contributed by atoms with E-state index in [1.165, 1.54) is 16.8 Å². The molecule has 0 saturated carbocycles. The van der Waals surface area contributed by atoms with Crippen molar-refractivity contribution in [3.63, 3.8) is 0 Å². The summed E-state index contributed by atoms with van der Waals surface area (Å²) < 4.78 is 30.5. The van der Waals surface area contributed by atoms with Gasteiger partial charge in [-0.1, -0.05) is 34.1 Å². The molecule has 3 rings (SSSR count). The van der Waals surface area contributed by atoms with Crippen LogP contribution in [0.2, 0.25) is 0 Å². The molecule has 0 aliphatic carbocycles. The third kappa shape index (κ3) is 3.95. The van der Waals surface area contributed by atoms with Gasteiger partial charge in [-0.05, 0) is 42.8 Å². The fraction of sp³-hybridized carbons (Fsp3) is 0.111. The summed E-state index contributed by atoms with van der Waals surface area (Å²) in [5.41, 5.74) is 2.05. The molecule has 0 unspecified atom stereocenters. The van der Waals surface area contributed by atoms with Gasteiger partial charge in [0.05, 0.1) is 28.8 Å². The van der Waals surface area contributed by atoms with Crippen molar-refractivity contribution in [3.8, 4) is 11.8 Å². The van der Waals surface area contributed by atoms with Gasteiger partial charge in [0.2, 0.25) is 0 Å². The van der Waals surface area contributed by atoms with Gasteiger partial charge >= 0.3 is 0 Å². The van der Waals surface area contributed by atoms with Crippen LogP contribution in [0, 0.1) is 18.3 Å². The van der Waals surface area contributed by atoms with Gasteiger partial charge in [0.15, 0.2) is 0 Å². The second kappa shape index (κ2) is 7.32. The average molecular weight is 431 g/mol. The van der Waals surface area contributed by atoms with Gasteiger partial charge < -0.3 is 0 Å². The van der Waals surface area contributed by atoms with Gasteiger partial charge in [-0.15, -0.1) is 0 Å². The fourth-order valence-electron chi connectivity index (χ4n) is 2.49. The summed E-state index contributed by atoms with van der Waals surface area (Å²) in [7, 11) is -3.81. The van der Waals surface area contributed by atoms with Crippen LogP contribution < -0.4 is 4.72 Å². The van der Waals surface area contributed by atoms with E-state index in [9.17, 15) is 8.42 Å². The molecule has 0 spiro atoms. The highest BCUT2D eigenvalue weighted by molar-refractivity contribution is 9.10. The molecule has 26 heavy (non-hydrogen) atoms. The minimum absolute atomic E-state index is 0.102. The summed E-state index contributed by atoms with van der Waals surface area (Å²) in [5.74, 6) is 0.339. The van der Waals surface area contributed by atoms with Crippen LogP contribution in [-0.2, 0) is 16.4 Å². The van der Waals surface area contributed by atoms with Crippen molar-refractivity contribution in [1.82, 2.24) is 9.78 Å². The van der Waals surface area contributed by atoms with Crippen molar-refractivity contribution in [3.05, 3.63) is 70.3 Å². The number of rotatable bonds is 5. The van der Waals surface area contributed by atoms with Crippen molar-refractivity contribution in [2.75, 3.05) is 4.72 Å². The number of benzene rings is 2. The van der Waals surface area contributed by atoms with Crippen LogP contribution in [0.4, 0.5) is 5.82 Å². The third-order valence-corrected chi connectivity index (χ3v) is 5.46. The standard InChI is InChI=1S/C18H15BrN4O2S/c1-13-10-18(23(21-13)16-6-3-5-15(19)12-16)22-26(24,25)17-7-2-4-14(11-17)8-9-20/h2-7,10-12,22H,8H2,1H3. The average Bonchev–Trinajstić information content (AvgIpc) is 2.95. The maximum absolute atomic E-state index is 12.8. The van der Waals surface area contributed by atoms with Crippen LogP contribution >= 0.6 is 15.9 Å². The highest BCUT2D eigenvalue weighted by atomic mass is 79.9. The van der Waals surface area contributed by atoms with E-state index in [0.717, 1.165) is 10.2 Å². The second-order valence-corrected chi connectivity index (χ2v) is 8.25. The van der Waals surface area contributed by atoms with Gasteiger partial charge in [0, 0.05) is 10.5 Å². The highest BCUT2D eigenvalue weighted by Gasteiger charge is 2.18. The summed E-state index contributed by atoms with van der Waals surface area (Å²) in [4.78, 5) is 0.102. The van der Waals surface area contributed by atoms with E-state index < -0.39 is 10.0 Å². The van der Waals surface area contributed by atoms with Crippen LogP contribution in [0.3, 0.4) is 0 Å². The summed E-state index contributed by atoms with van der Waals surface area (Å²) in [6.07, 6.45) is 0.151. The maximum atomic E-state index is 12.8. The zero-order chi connectivity index (χ0) is 18.7. The molecule has 0 saturated heterocycles. The lowest BCUT2D eigenvalue weighted by Crippen LogP contribution is -2.16. The predicted octanol–water partition coefficient (Wildman–Crippen LogP) is 3.81. The molecule has 3 aromatic rings. The minimum Gasteiger partial charge on any atom is -0.263 e. The molecule has 1 aromatic heterocycles. The molecule has 0 radical (unpaired) electrons. The topological polar surface area (TPSA) is 87.8 Å². The van der Waals surface area contributed by atoms with Crippen LogP contribution in [0.5, 0.6) is 0 Å². The zero-order valence-electron chi connectivity index (χ0n) is 13.8. The van der Waals surface area contributed by atoms with Crippen molar-refractivity contribution < 1.29 is 8.42 Å². The Morgan fingerprint density at radius 1 is 1.19 bits per heavy atom. The first-order valence-electron chi connectivity index (χ1n) is 7.70. The number of aromatic nitrogens is 2. The highest BCUT2D eigenvalue weighted by Crippen LogP contribution is 2.23. The molecule has 8 heteroatoms. The smallest absolute Gasteiger partial charge is 0.263 e. The van der Waals surface area contributed by atoms with Crippen LogP contribution in [0.25, 0.3) is 5.69 Å². The quantitative estimate of drug-likeness (QED) is 0.666. The van der Waals surface area contributed by atoms with Crippen molar-refractivity contribution in [2.24, 2.45) is 0 Å². The van der Waals surface area contributed by atoms with E-state index in [2.05, 4.69) is 25.8 Å². The van der Waals surface area contributed by atoms with Gasteiger partial charge in [-0.25, -0.2) is 13.1 Å². The summed E-state index contributed by atoms with van der Waals surface area (Å²) in [6, 6.07) is 17.4. The molecule has 0 fully saturated rings. The van der Waals surface area contributed by atoms with E-state index >= 15 is 0 Å². The number of aryl methyl sites for hydroxylation is 1. The summed E-state index contributed by atoms with van der Waals surface area (Å²) in [5, 5.41) is 13.2. The van der Waals surface area contributed by atoms with Gasteiger partial charge in [-0.2, -0.15) is 10.4 Å². The van der Waals surface area contributed by atoms with E-state index in [0.29, 0.717) is 17.1 Å². The lowest BCUT2D eigenvalue weighted by Gasteiger charge is -2.11. The molecule has 1 N–H and O–H groups in total. The molecule has 2 aromatic carbocycles. The number of nitrogens with zero attached hydrogens (tertiary/aromatic N) is 3. The Kier molecular flexibility index (Phi) is 5.11. The Hall–Kier alpha value is -2.63. The lowest BCUT2D eigenvalue weighted by molar-refractivity contribution is 0.600. The molecule has 0 aliphatic heterocycles. The van der Waals surface area contributed by atoms with E-state index in [4.69, 9.17) is 5.26 Å². The predicted molar refractivity (Wildman–Crippen MR) is 103 cm³/mol. The first kappa shape index (κ1) is 18.2. The Bertz CT molecular complexity index is 1100. The zero-order valence-corrected chi connectivity index (χ0v) is 16.3. The summed E-state index contributed by atoms with van der Waals surface area (Å²) in [6.45, 7) is 1.79. The van der Waals surface area contributed by atoms with Gasteiger partial charge in [0.1, 0.15) is 5.82 Å². The van der Waals surface area contributed by atoms with E-state index in [1.54, 1.807) is 25.1 Å². The molecule has 0 aliphatic rings. The molecular formula is C18H15BrN4O2S. The molecule has 0 atom stereocenters. The first-order chi connectivity index (χ1) is 12.4. The number of nitrogens with one attached hydrogen (secondary N) is 1. The Morgan fingerprint density at radius 2 is 1.96 bits per heavy atom. The number of anilines is 1. The summed E-state index contributed by atoms with van der Waals surface area (Å²) >= 11 is 3.41. The van der Waals surface area contributed by atoms with Crippen LogP contribution in [0.1, 0.15) is 11.3 Å². The largest absolute Gasteiger partial charge is 0.263 e. The van der Waals surface area contributed by atoms with Crippen LogP contribution in [-0.4, -0.2) is 18.2 Å². The Balaban J connectivity index is 1.99.